The number of nitrogens with one attached hydrogen (secondary N) is 2. The predicted molar refractivity (Wildman–Crippen MR) is 136 cm³/mol. The molecular weight excluding hydrogens is 458 g/mol. The molecule has 0 atom stereocenters. The Morgan fingerprint density at radius 2 is 1.86 bits per heavy atom. The molecule has 0 radical (unpaired) electrons. The van der Waals surface area contributed by atoms with E-state index in [9.17, 15) is 9.59 Å². The summed E-state index contributed by atoms with van der Waals surface area (Å²) in [5, 5.41) is 9.95. The number of methoxy groups -OCH3 is 1. The summed E-state index contributed by atoms with van der Waals surface area (Å²) in [6.07, 6.45) is 2.17. The van der Waals surface area contributed by atoms with Crippen LogP contribution in [0.2, 0.25) is 0 Å². The minimum Gasteiger partial charge on any atom is -0.385 e. The number of aromatic nitrogens is 2. The SMILES string of the molecule is COCCCNC(=O)c1ccccc1NC(=O)C1CCN(Cc2nc(-c3ccc(C)cc3)no2)CC1. The van der Waals surface area contributed by atoms with Crippen LogP contribution in [0.15, 0.2) is 53.1 Å². The lowest BCUT2D eigenvalue weighted by Crippen LogP contribution is -2.38. The molecule has 0 spiro atoms. The third-order valence-electron chi connectivity index (χ3n) is 6.34. The van der Waals surface area contributed by atoms with Gasteiger partial charge in [0, 0.05) is 31.7 Å². The van der Waals surface area contributed by atoms with Crippen LogP contribution in [0.1, 0.15) is 41.1 Å². The molecule has 2 heterocycles. The first-order valence-electron chi connectivity index (χ1n) is 12.3. The van der Waals surface area contributed by atoms with Crippen LogP contribution in [0.5, 0.6) is 0 Å². The molecule has 2 amide bonds. The Kier molecular flexibility index (Phi) is 8.80. The number of hydrogen-bond donors (Lipinski definition) is 2. The van der Waals surface area contributed by atoms with Gasteiger partial charge < -0.3 is 19.9 Å². The maximum absolute atomic E-state index is 13.0. The molecule has 1 saturated heterocycles. The first-order chi connectivity index (χ1) is 17.5. The molecule has 2 N–H and O–H groups in total. The number of likely N-dealkylation sites (tertiary alicyclic amines) is 1. The standard InChI is InChI=1S/C27H33N5O4/c1-19-8-10-20(11-9-19)25-30-24(36-31-25)18-32-15-12-21(13-16-32)26(33)29-23-7-4-3-6-22(23)27(34)28-14-5-17-35-2/h3-4,6-11,21H,5,12-18H2,1-2H3,(H,28,34)(H,29,33). The van der Waals surface area contributed by atoms with Crippen LogP contribution in [0.25, 0.3) is 11.4 Å². The Morgan fingerprint density at radius 3 is 2.61 bits per heavy atom. The number of piperidine rings is 1. The van der Waals surface area contributed by atoms with Gasteiger partial charge in [-0.1, -0.05) is 47.1 Å². The molecule has 0 unspecified atom stereocenters. The second-order valence-electron chi connectivity index (χ2n) is 9.07. The predicted octanol–water partition coefficient (Wildman–Crippen LogP) is 3.66. The van der Waals surface area contributed by atoms with E-state index in [-0.39, 0.29) is 17.7 Å². The van der Waals surface area contributed by atoms with Gasteiger partial charge in [-0.25, -0.2) is 0 Å². The molecule has 0 saturated carbocycles. The quantitative estimate of drug-likeness (QED) is 0.417. The zero-order valence-corrected chi connectivity index (χ0v) is 20.8. The number of rotatable bonds is 10. The lowest BCUT2D eigenvalue weighted by atomic mass is 9.95. The number of anilines is 1. The number of nitrogens with zero attached hydrogens (tertiary/aromatic N) is 3. The highest BCUT2D eigenvalue weighted by atomic mass is 16.5. The molecule has 3 aromatic rings. The molecule has 9 nitrogen and oxygen atoms in total. The number of amides is 2. The zero-order chi connectivity index (χ0) is 25.3. The number of benzene rings is 2. The first-order valence-corrected chi connectivity index (χ1v) is 12.3. The van der Waals surface area contributed by atoms with E-state index in [0.29, 0.717) is 42.7 Å². The lowest BCUT2D eigenvalue weighted by molar-refractivity contribution is -0.121. The zero-order valence-electron chi connectivity index (χ0n) is 20.8. The molecule has 0 aliphatic carbocycles. The fraction of sp³-hybridized carbons (Fsp3) is 0.407. The number of carbonyl (C=O) groups is 2. The highest BCUT2D eigenvalue weighted by molar-refractivity contribution is 6.04. The highest BCUT2D eigenvalue weighted by Gasteiger charge is 2.27. The Hall–Kier alpha value is -3.56. The largest absolute Gasteiger partial charge is 0.385 e. The topological polar surface area (TPSA) is 110 Å². The molecule has 0 bridgehead atoms. The van der Waals surface area contributed by atoms with Crippen LogP contribution in [0.4, 0.5) is 5.69 Å². The van der Waals surface area contributed by atoms with Gasteiger partial charge in [0.15, 0.2) is 0 Å². The van der Waals surface area contributed by atoms with Crippen molar-refractivity contribution in [1.82, 2.24) is 20.4 Å². The summed E-state index contributed by atoms with van der Waals surface area (Å²) in [6, 6.07) is 15.1. The van der Waals surface area contributed by atoms with Gasteiger partial charge in [0.2, 0.25) is 17.6 Å². The summed E-state index contributed by atoms with van der Waals surface area (Å²) in [5.74, 6) is 0.763. The van der Waals surface area contributed by atoms with Crippen LogP contribution < -0.4 is 10.6 Å². The lowest BCUT2D eigenvalue weighted by Gasteiger charge is -2.30. The Morgan fingerprint density at radius 1 is 1.11 bits per heavy atom. The third-order valence-corrected chi connectivity index (χ3v) is 6.34. The van der Waals surface area contributed by atoms with Crippen LogP contribution in [-0.2, 0) is 16.1 Å². The van der Waals surface area contributed by atoms with Gasteiger partial charge in [-0.2, -0.15) is 4.98 Å². The van der Waals surface area contributed by atoms with Gasteiger partial charge in [-0.05, 0) is 51.4 Å². The Labute approximate surface area is 211 Å². The maximum Gasteiger partial charge on any atom is 0.253 e. The number of para-hydroxylation sites is 1. The van der Waals surface area contributed by atoms with Gasteiger partial charge in [-0.15, -0.1) is 0 Å². The van der Waals surface area contributed by atoms with Crippen LogP contribution in [-0.4, -0.2) is 60.2 Å². The highest BCUT2D eigenvalue weighted by Crippen LogP contribution is 2.23. The van der Waals surface area contributed by atoms with Gasteiger partial charge in [0.05, 0.1) is 17.8 Å². The van der Waals surface area contributed by atoms with Gasteiger partial charge in [-0.3, -0.25) is 14.5 Å². The number of hydrogen-bond acceptors (Lipinski definition) is 7. The molecule has 1 aliphatic rings. The van der Waals surface area contributed by atoms with Gasteiger partial charge >= 0.3 is 0 Å². The smallest absolute Gasteiger partial charge is 0.253 e. The van der Waals surface area contributed by atoms with Crippen LogP contribution in [0, 0.1) is 12.8 Å². The van der Waals surface area contributed by atoms with Crippen molar-refractivity contribution in [2.45, 2.75) is 32.7 Å². The maximum atomic E-state index is 13.0. The molecule has 1 aromatic heterocycles. The van der Waals surface area contributed by atoms with E-state index in [1.54, 1.807) is 25.3 Å². The molecule has 2 aromatic carbocycles. The van der Waals surface area contributed by atoms with E-state index in [4.69, 9.17) is 9.26 Å². The summed E-state index contributed by atoms with van der Waals surface area (Å²) >= 11 is 0. The number of ether oxygens (including phenoxy) is 1. The van der Waals surface area contributed by atoms with Crippen molar-refractivity contribution in [3.8, 4) is 11.4 Å². The van der Waals surface area contributed by atoms with E-state index in [0.717, 1.165) is 37.9 Å². The van der Waals surface area contributed by atoms with E-state index >= 15 is 0 Å². The van der Waals surface area contributed by atoms with Crippen molar-refractivity contribution in [2.24, 2.45) is 5.92 Å². The number of carbonyl (C=O) groups excluding carboxylic acids is 2. The minimum absolute atomic E-state index is 0.0614. The molecular formula is C27H33N5O4. The summed E-state index contributed by atoms with van der Waals surface area (Å²) < 4.78 is 10.5. The summed E-state index contributed by atoms with van der Waals surface area (Å²) in [4.78, 5) is 32.3. The van der Waals surface area contributed by atoms with E-state index in [1.807, 2.05) is 37.3 Å². The fourth-order valence-electron chi connectivity index (χ4n) is 4.22. The van der Waals surface area contributed by atoms with E-state index in [1.165, 1.54) is 5.56 Å². The molecule has 1 fully saturated rings. The summed E-state index contributed by atoms with van der Waals surface area (Å²) in [7, 11) is 1.63. The molecule has 36 heavy (non-hydrogen) atoms. The van der Waals surface area contributed by atoms with Crippen molar-refractivity contribution >= 4 is 17.5 Å². The Balaban J connectivity index is 1.27. The summed E-state index contributed by atoms with van der Waals surface area (Å²) in [5.41, 5.74) is 3.10. The molecule has 1 aliphatic heterocycles. The normalized spacial score (nSPS) is 14.5. The van der Waals surface area contributed by atoms with Crippen molar-refractivity contribution < 1.29 is 18.8 Å². The van der Waals surface area contributed by atoms with Crippen molar-refractivity contribution in [3.63, 3.8) is 0 Å². The Bertz CT molecular complexity index is 1150. The first kappa shape index (κ1) is 25.5. The van der Waals surface area contributed by atoms with E-state index < -0.39 is 0 Å². The summed E-state index contributed by atoms with van der Waals surface area (Å²) in [6.45, 7) is 5.19. The second kappa shape index (κ2) is 12.4. The van der Waals surface area contributed by atoms with Gasteiger partial charge in [0.1, 0.15) is 0 Å². The fourth-order valence-corrected chi connectivity index (χ4v) is 4.22. The van der Waals surface area contributed by atoms with Crippen molar-refractivity contribution in [1.29, 1.82) is 0 Å². The van der Waals surface area contributed by atoms with Crippen molar-refractivity contribution in [2.75, 3.05) is 38.7 Å². The molecule has 9 heteroatoms. The van der Waals surface area contributed by atoms with Gasteiger partial charge in [0.25, 0.3) is 5.91 Å². The second-order valence-corrected chi connectivity index (χ2v) is 9.07. The third kappa shape index (κ3) is 6.77. The monoisotopic (exact) mass is 491 g/mol. The molecule has 190 valence electrons. The minimum atomic E-state index is -0.207. The van der Waals surface area contributed by atoms with E-state index in [2.05, 4.69) is 25.7 Å². The average Bonchev–Trinajstić information content (AvgIpc) is 3.36. The van der Waals surface area contributed by atoms with Crippen LogP contribution >= 0.6 is 0 Å². The van der Waals surface area contributed by atoms with Crippen molar-refractivity contribution in [3.05, 3.63) is 65.5 Å². The van der Waals surface area contributed by atoms with Crippen LogP contribution in [0.3, 0.4) is 0 Å². The molecule has 4 rings (SSSR count). The number of aryl methyl sites for hydroxylation is 1. The average molecular weight is 492 g/mol.